The van der Waals surface area contributed by atoms with E-state index in [2.05, 4.69) is 35.5 Å². The molecule has 1 fully saturated rings. The van der Waals surface area contributed by atoms with Gasteiger partial charge in [0.05, 0.1) is 16.6 Å². The van der Waals surface area contributed by atoms with Crippen LogP contribution in [-0.2, 0) is 10.0 Å². The number of aromatic nitrogens is 2. The summed E-state index contributed by atoms with van der Waals surface area (Å²) in [5.41, 5.74) is 9.49. The van der Waals surface area contributed by atoms with Crippen LogP contribution in [0.5, 0.6) is 5.88 Å². The number of rotatable bonds is 5. The quantitative estimate of drug-likeness (QED) is 0.369. The summed E-state index contributed by atoms with van der Waals surface area (Å²) in [5, 5.41) is 0. The molecule has 1 atom stereocenters. The highest BCUT2D eigenvalue weighted by molar-refractivity contribution is 7.92. The van der Waals surface area contributed by atoms with Crippen molar-refractivity contribution in [3.05, 3.63) is 65.2 Å². The SMILES string of the molecule is Cc1cccc(C)c1-c1cc2nc(n1)NS(=O)(=O)c1cccc(c1)C(=O)N(C1CC(CCN)C1)[C@H](CC(C)(C)C)CO2.Cl. The van der Waals surface area contributed by atoms with Gasteiger partial charge in [0.2, 0.25) is 11.8 Å². The molecule has 1 aliphatic carbocycles. The van der Waals surface area contributed by atoms with Crippen molar-refractivity contribution in [2.24, 2.45) is 17.1 Å². The lowest BCUT2D eigenvalue weighted by atomic mass is 9.75. The highest BCUT2D eigenvalue weighted by Crippen LogP contribution is 2.38. The lowest BCUT2D eigenvalue weighted by molar-refractivity contribution is 0.00901. The molecule has 4 bridgehead atoms. The number of carbonyl (C=O) groups is 1. The van der Waals surface area contributed by atoms with Crippen molar-refractivity contribution in [1.29, 1.82) is 0 Å². The minimum Gasteiger partial charge on any atom is -0.475 e. The summed E-state index contributed by atoms with van der Waals surface area (Å²) in [5.74, 6) is 0.421. The molecule has 1 aliphatic heterocycles. The fraction of sp³-hybridized carbons (Fsp3) is 0.469. The van der Waals surface area contributed by atoms with E-state index in [0.717, 1.165) is 36.0 Å². The van der Waals surface area contributed by atoms with Crippen molar-refractivity contribution in [2.45, 2.75) is 77.3 Å². The lowest BCUT2D eigenvalue weighted by Gasteiger charge is -2.47. The van der Waals surface area contributed by atoms with Gasteiger partial charge in [0.15, 0.2) is 0 Å². The number of ether oxygens (including phenoxy) is 1. The Balaban J connectivity index is 0.00000423. The van der Waals surface area contributed by atoms with Crippen molar-refractivity contribution in [1.82, 2.24) is 14.9 Å². The van der Waals surface area contributed by atoms with Crippen molar-refractivity contribution in [3.63, 3.8) is 0 Å². The average Bonchev–Trinajstić information content (AvgIpc) is 2.89. The normalized spacial score (nSPS) is 21.6. The van der Waals surface area contributed by atoms with Gasteiger partial charge in [-0.2, -0.15) is 4.98 Å². The van der Waals surface area contributed by atoms with Gasteiger partial charge in [-0.3, -0.25) is 4.79 Å². The number of halogens is 1. The molecule has 1 saturated carbocycles. The number of hydrogen-bond donors (Lipinski definition) is 2. The Hall–Kier alpha value is -3.21. The molecule has 5 rings (SSSR count). The van der Waals surface area contributed by atoms with Crippen LogP contribution in [0.2, 0.25) is 0 Å². The van der Waals surface area contributed by atoms with Crippen LogP contribution in [-0.4, -0.2) is 54.4 Å². The van der Waals surface area contributed by atoms with Crippen LogP contribution >= 0.6 is 12.4 Å². The first-order valence-corrected chi connectivity index (χ1v) is 16.1. The number of anilines is 1. The molecule has 3 aromatic rings. The van der Waals surface area contributed by atoms with Gasteiger partial charge in [0.1, 0.15) is 6.61 Å². The zero-order valence-electron chi connectivity index (χ0n) is 25.5. The standard InChI is InChI=1S/C32H41N5O4S.ClH/c1-20-8-6-9-21(2)29(20)27-17-28-35-31(34-27)36-42(39,40)26-11-7-10-23(16-26)30(38)37(24-14-22(15-24)12-13-33)25(19-41-28)18-32(3,4)5;/h6-11,16-17,22,24-25H,12-15,18-19,33H2,1-5H3,(H,34,35,36);1H/t22?,24?,25-;/m1./s1. The van der Waals surface area contributed by atoms with E-state index < -0.39 is 10.0 Å². The molecule has 2 aliphatic rings. The smallest absolute Gasteiger partial charge is 0.264 e. The summed E-state index contributed by atoms with van der Waals surface area (Å²) in [4.78, 5) is 25.2. The molecule has 0 saturated heterocycles. The topological polar surface area (TPSA) is 128 Å². The summed E-state index contributed by atoms with van der Waals surface area (Å²) < 4.78 is 36.0. The fourth-order valence-corrected chi connectivity index (χ4v) is 7.16. The van der Waals surface area contributed by atoms with Gasteiger partial charge in [-0.25, -0.2) is 18.1 Å². The number of hydrogen-bond acceptors (Lipinski definition) is 7. The minimum atomic E-state index is -4.10. The van der Waals surface area contributed by atoms with Crippen LogP contribution in [0.1, 0.15) is 67.9 Å². The Bertz CT molecular complexity index is 1560. The fourth-order valence-electron chi connectivity index (χ4n) is 6.17. The summed E-state index contributed by atoms with van der Waals surface area (Å²) in [7, 11) is -4.10. The number of aryl methyl sites for hydroxylation is 2. The minimum absolute atomic E-state index is 0. The first-order chi connectivity index (χ1) is 19.8. The average molecular weight is 628 g/mol. The molecule has 232 valence electrons. The van der Waals surface area contributed by atoms with E-state index in [9.17, 15) is 13.2 Å². The summed E-state index contributed by atoms with van der Waals surface area (Å²) in [6.45, 7) is 11.2. The van der Waals surface area contributed by atoms with Gasteiger partial charge in [0.25, 0.3) is 15.9 Å². The highest BCUT2D eigenvalue weighted by atomic mass is 35.5. The Labute approximate surface area is 261 Å². The molecule has 0 spiro atoms. The number of fused-ring (bicyclic) bond motifs is 4. The summed E-state index contributed by atoms with van der Waals surface area (Å²) >= 11 is 0. The highest BCUT2D eigenvalue weighted by Gasteiger charge is 2.41. The number of sulfonamides is 1. The molecule has 2 aromatic carbocycles. The number of amides is 1. The summed E-state index contributed by atoms with van der Waals surface area (Å²) in [6, 6.07) is 13.6. The van der Waals surface area contributed by atoms with Gasteiger partial charge in [-0.1, -0.05) is 45.0 Å². The Morgan fingerprint density at radius 2 is 1.72 bits per heavy atom. The monoisotopic (exact) mass is 627 g/mol. The zero-order chi connectivity index (χ0) is 30.2. The van der Waals surface area contributed by atoms with Crippen LogP contribution in [0.25, 0.3) is 11.3 Å². The van der Waals surface area contributed by atoms with Crippen molar-refractivity contribution in [3.8, 4) is 17.1 Å². The van der Waals surface area contributed by atoms with Crippen molar-refractivity contribution < 1.29 is 17.9 Å². The maximum atomic E-state index is 14.2. The van der Waals surface area contributed by atoms with E-state index >= 15 is 0 Å². The van der Waals surface area contributed by atoms with Gasteiger partial charge in [0, 0.05) is 23.2 Å². The molecule has 2 heterocycles. The van der Waals surface area contributed by atoms with E-state index in [1.54, 1.807) is 18.2 Å². The second-order valence-electron chi connectivity index (χ2n) is 12.8. The van der Waals surface area contributed by atoms with Crippen molar-refractivity contribution in [2.75, 3.05) is 17.9 Å². The van der Waals surface area contributed by atoms with E-state index in [4.69, 9.17) is 10.5 Å². The number of nitrogens with zero attached hydrogens (tertiary/aromatic N) is 3. The van der Waals surface area contributed by atoms with Crippen molar-refractivity contribution >= 4 is 34.3 Å². The van der Waals surface area contributed by atoms with Gasteiger partial charge in [-0.15, -0.1) is 12.4 Å². The van der Waals surface area contributed by atoms with Crippen LogP contribution in [0.15, 0.2) is 53.4 Å². The first-order valence-electron chi connectivity index (χ1n) is 14.6. The number of nitrogens with one attached hydrogen (secondary N) is 1. The second kappa shape index (κ2) is 12.8. The molecule has 9 nitrogen and oxygen atoms in total. The number of nitrogens with two attached hydrogens (primary N) is 1. The molecular weight excluding hydrogens is 586 g/mol. The third-order valence-corrected chi connectivity index (χ3v) is 9.46. The van der Waals surface area contributed by atoms with Gasteiger partial charge < -0.3 is 15.4 Å². The Kier molecular flexibility index (Phi) is 9.73. The molecule has 3 N–H and O–H groups in total. The Morgan fingerprint density at radius 3 is 2.37 bits per heavy atom. The number of benzene rings is 2. The maximum Gasteiger partial charge on any atom is 0.264 e. The van der Waals surface area contributed by atoms with Gasteiger partial charge in [-0.05, 0) is 86.7 Å². The molecule has 1 aromatic heterocycles. The second-order valence-corrected chi connectivity index (χ2v) is 14.5. The first kappa shape index (κ1) is 32.7. The van der Waals surface area contributed by atoms with E-state index in [1.807, 2.05) is 36.9 Å². The lowest BCUT2D eigenvalue weighted by Crippen LogP contribution is -2.55. The third-order valence-electron chi connectivity index (χ3n) is 8.14. The molecule has 0 radical (unpaired) electrons. The zero-order valence-corrected chi connectivity index (χ0v) is 27.1. The molecule has 0 unspecified atom stereocenters. The predicted octanol–water partition coefficient (Wildman–Crippen LogP) is 5.75. The van der Waals surface area contributed by atoms with Gasteiger partial charge >= 0.3 is 0 Å². The summed E-state index contributed by atoms with van der Waals surface area (Å²) in [6.07, 6.45) is 3.33. The molecular formula is C32H42ClN5O4S. The Morgan fingerprint density at radius 1 is 1.05 bits per heavy atom. The maximum absolute atomic E-state index is 14.2. The largest absolute Gasteiger partial charge is 0.475 e. The van der Waals surface area contributed by atoms with E-state index in [-0.39, 0.29) is 59.1 Å². The predicted molar refractivity (Wildman–Crippen MR) is 171 cm³/mol. The van der Waals surface area contributed by atoms with E-state index in [0.29, 0.717) is 30.1 Å². The number of carbonyl (C=O) groups excluding carboxylic acids is 1. The molecule has 1 amide bonds. The third kappa shape index (κ3) is 7.30. The van der Waals surface area contributed by atoms with E-state index in [1.165, 1.54) is 12.1 Å². The van der Waals surface area contributed by atoms with Crippen LogP contribution in [0, 0.1) is 25.2 Å². The molecule has 11 heteroatoms. The van der Waals surface area contributed by atoms with Crippen LogP contribution < -0.4 is 15.2 Å². The van der Waals surface area contributed by atoms with Crippen LogP contribution in [0.4, 0.5) is 5.95 Å². The molecule has 43 heavy (non-hydrogen) atoms. The van der Waals surface area contributed by atoms with Crippen LogP contribution in [0.3, 0.4) is 0 Å².